The van der Waals surface area contributed by atoms with Crippen LogP contribution in [0.4, 0.5) is 0 Å². The van der Waals surface area contributed by atoms with E-state index in [-0.39, 0.29) is 5.91 Å². The predicted molar refractivity (Wildman–Crippen MR) is 83.1 cm³/mol. The van der Waals surface area contributed by atoms with Crippen molar-refractivity contribution < 1.29 is 4.79 Å². The maximum Gasteiger partial charge on any atom is 0.226 e. The minimum atomic E-state index is -0.0225. The van der Waals surface area contributed by atoms with Gasteiger partial charge in [-0.2, -0.15) is 5.10 Å². The zero-order valence-corrected chi connectivity index (χ0v) is 13.2. The summed E-state index contributed by atoms with van der Waals surface area (Å²) in [6.07, 6.45) is 2.13. The molecule has 0 aromatic carbocycles. The summed E-state index contributed by atoms with van der Waals surface area (Å²) in [5.74, 6) is -0.0225. The summed E-state index contributed by atoms with van der Waals surface area (Å²) in [4.78, 5) is 16.4. The molecular weight excluding hydrogens is 286 g/mol. The molecule has 0 radical (unpaired) electrons. The zero-order valence-electron chi connectivity index (χ0n) is 12.4. The Morgan fingerprint density at radius 3 is 2.95 bits per heavy atom. The first-order chi connectivity index (χ1) is 10.1. The normalized spacial score (nSPS) is 10.8. The monoisotopic (exact) mass is 307 g/mol. The van der Waals surface area contributed by atoms with Crippen molar-refractivity contribution >= 4 is 17.2 Å². The van der Waals surface area contributed by atoms with E-state index in [9.17, 15) is 4.79 Å². The molecule has 4 N–H and O–H groups in total. The van der Waals surface area contributed by atoms with Crippen LogP contribution in [-0.4, -0.2) is 27.6 Å². The van der Waals surface area contributed by atoms with Gasteiger partial charge in [-0.1, -0.05) is 0 Å². The largest absolute Gasteiger partial charge is 0.352 e. The van der Waals surface area contributed by atoms with E-state index >= 15 is 0 Å². The van der Waals surface area contributed by atoms with Crippen molar-refractivity contribution in [1.82, 2.24) is 20.5 Å². The van der Waals surface area contributed by atoms with Gasteiger partial charge in [-0.25, -0.2) is 4.98 Å². The van der Waals surface area contributed by atoms with Crippen molar-refractivity contribution in [1.29, 1.82) is 0 Å². The second-order valence-electron chi connectivity index (χ2n) is 4.99. The molecule has 0 saturated heterocycles. The van der Waals surface area contributed by atoms with Crippen LogP contribution in [0.15, 0.2) is 5.38 Å². The predicted octanol–water partition coefficient (Wildman–Crippen LogP) is 1.23. The van der Waals surface area contributed by atoms with Crippen molar-refractivity contribution in [3.05, 3.63) is 33.0 Å². The molecule has 2 heterocycles. The Morgan fingerprint density at radius 2 is 2.29 bits per heavy atom. The van der Waals surface area contributed by atoms with Gasteiger partial charge in [0.1, 0.15) is 0 Å². The molecule has 0 aliphatic rings. The molecule has 0 aliphatic carbocycles. The average molecular weight is 307 g/mol. The minimum absolute atomic E-state index is 0.0225. The van der Waals surface area contributed by atoms with Crippen LogP contribution < -0.4 is 11.1 Å². The molecular formula is C14H21N5OS. The lowest BCUT2D eigenvalue weighted by atomic mass is 10.2. The molecule has 7 heteroatoms. The number of rotatable bonds is 7. The highest BCUT2D eigenvalue weighted by Gasteiger charge is 2.10. The third kappa shape index (κ3) is 4.37. The van der Waals surface area contributed by atoms with Crippen LogP contribution in [0.5, 0.6) is 0 Å². The van der Waals surface area contributed by atoms with E-state index in [1.165, 1.54) is 0 Å². The molecule has 2 aromatic rings. The van der Waals surface area contributed by atoms with E-state index in [0.717, 1.165) is 40.5 Å². The first kappa shape index (κ1) is 15.7. The van der Waals surface area contributed by atoms with E-state index < -0.39 is 0 Å². The molecule has 114 valence electrons. The molecule has 6 nitrogen and oxygen atoms in total. The van der Waals surface area contributed by atoms with Gasteiger partial charge in [0.25, 0.3) is 0 Å². The Hall–Kier alpha value is -1.73. The van der Waals surface area contributed by atoms with E-state index in [1.54, 1.807) is 11.3 Å². The number of hydrogen-bond donors (Lipinski definition) is 3. The van der Waals surface area contributed by atoms with Crippen molar-refractivity contribution in [3.63, 3.8) is 0 Å². The highest BCUT2D eigenvalue weighted by Crippen LogP contribution is 2.12. The number of aromatic nitrogens is 3. The van der Waals surface area contributed by atoms with Crippen molar-refractivity contribution in [3.8, 4) is 0 Å². The summed E-state index contributed by atoms with van der Waals surface area (Å²) in [6, 6.07) is 0. The number of nitrogens with one attached hydrogen (secondary N) is 2. The van der Waals surface area contributed by atoms with Crippen LogP contribution in [-0.2, 0) is 24.2 Å². The molecule has 21 heavy (non-hydrogen) atoms. The highest BCUT2D eigenvalue weighted by atomic mass is 32.1. The molecule has 0 fully saturated rings. The lowest BCUT2D eigenvalue weighted by molar-refractivity contribution is -0.120. The summed E-state index contributed by atoms with van der Waals surface area (Å²) >= 11 is 1.59. The first-order valence-corrected chi connectivity index (χ1v) is 7.88. The lowest BCUT2D eigenvalue weighted by Crippen LogP contribution is -2.25. The number of thiazole rings is 1. The van der Waals surface area contributed by atoms with E-state index in [1.807, 2.05) is 19.2 Å². The molecule has 0 bridgehead atoms. The Bertz CT molecular complexity index is 585. The molecule has 0 aliphatic heterocycles. The zero-order chi connectivity index (χ0) is 15.2. The van der Waals surface area contributed by atoms with Crippen LogP contribution in [0.25, 0.3) is 0 Å². The fourth-order valence-electron chi connectivity index (χ4n) is 2.05. The number of H-pyrrole nitrogens is 1. The quantitative estimate of drug-likeness (QED) is 0.717. The van der Waals surface area contributed by atoms with Gasteiger partial charge in [-0.05, 0) is 26.8 Å². The third-order valence-electron chi connectivity index (χ3n) is 3.28. The van der Waals surface area contributed by atoms with Gasteiger partial charge in [-0.3, -0.25) is 9.89 Å². The van der Waals surface area contributed by atoms with Gasteiger partial charge in [0, 0.05) is 29.6 Å². The number of amides is 1. The van der Waals surface area contributed by atoms with Gasteiger partial charge in [0.15, 0.2) is 0 Å². The molecule has 2 rings (SSSR count). The SMILES string of the molecule is Cc1n[nH]c(C)c1CNC(=O)Cc1csc(CCCN)n1. The van der Waals surface area contributed by atoms with Gasteiger partial charge < -0.3 is 11.1 Å². The Labute approximate surface area is 128 Å². The van der Waals surface area contributed by atoms with Crippen molar-refractivity contribution in [2.45, 2.75) is 39.7 Å². The Morgan fingerprint density at radius 1 is 1.48 bits per heavy atom. The fourth-order valence-corrected chi connectivity index (χ4v) is 2.89. The van der Waals surface area contributed by atoms with E-state index in [0.29, 0.717) is 19.5 Å². The standard InChI is InChI=1S/C14H21N5OS/c1-9-12(10(2)19-18-9)7-16-13(20)6-11-8-21-14(17-11)4-3-5-15/h8H,3-7,15H2,1-2H3,(H,16,20)(H,18,19). The average Bonchev–Trinajstić information content (AvgIpc) is 3.02. The summed E-state index contributed by atoms with van der Waals surface area (Å²) in [5.41, 5.74) is 9.26. The van der Waals surface area contributed by atoms with Crippen LogP contribution in [0.3, 0.4) is 0 Å². The van der Waals surface area contributed by atoms with Crippen LogP contribution in [0, 0.1) is 13.8 Å². The topological polar surface area (TPSA) is 96.7 Å². The molecule has 0 spiro atoms. The highest BCUT2D eigenvalue weighted by molar-refractivity contribution is 7.09. The van der Waals surface area contributed by atoms with Crippen molar-refractivity contribution in [2.75, 3.05) is 6.54 Å². The second kappa shape index (κ2) is 7.33. The molecule has 0 saturated carbocycles. The van der Waals surface area contributed by atoms with Crippen LogP contribution in [0.1, 0.15) is 34.1 Å². The number of carbonyl (C=O) groups excluding carboxylic acids is 1. The second-order valence-corrected chi connectivity index (χ2v) is 5.93. The number of aryl methyl sites for hydroxylation is 3. The van der Waals surface area contributed by atoms with Crippen LogP contribution in [0.2, 0.25) is 0 Å². The summed E-state index contributed by atoms with van der Waals surface area (Å²) in [6.45, 7) is 5.04. The van der Waals surface area contributed by atoms with E-state index in [2.05, 4.69) is 20.5 Å². The lowest BCUT2D eigenvalue weighted by Gasteiger charge is -2.04. The van der Waals surface area contributed by atoms with Crippen LogP contribution >= 0.6 is 11.3 Å². The van der Waals surface area contributed by atoms with Gasteiger partial charge in [0.05, 0.1) is 22.8 Å². The smallest absolute Gasteiger partial charge is 0.226 e. The maximum atomic E-state index is 12.0. The Kier molecular flexibility index (Phi) is 5.46. The number of nitrogens with zero attached hydrogens (tertiary/aromatic N) is 2. The number of carbonyl (C=O) groups is 1. The van der Waals surface area contributed by atoms with Gasteiger partial charge >= 0.3 is 0 Å². The maximum absolute atomic E-state index is 12.0. The molecule has 0 unspecified atom stereocenters. The van der Waals surface area contributed by atoms with Gasteiger partial charge in [-0.15, -0.1) is 11.3 Å². The van der Waals surface area contributed by atoms with Gasteiger partial charge in [0.2, 0.25) is 5.91 Å². The molecule has 2 aromatic heterocycles. The number of hydrogen-bond acceptors (Lipinski definition) is 5. The minimum Gasteiger partial charge on any atom is -0.352 e. The number of aromatic amines is 1. The first-order valence-electron chi connectivity index (χ1n) is 7.00. The number of nitrogens with two attached hydrogens (primary N) is 1. The Balaban J connectivity index is 1.83. The molecule has 0 atom stereocenters. The summed E-state index contributed by atoms with van der Waals surface area (Å²) < 4.78 is 0. The fraction of sp³-hybridized carbons (Fsp3) is 0.500. The van der Waals surface area contributed by atoms with E-state index in [4.69, 9.17) is 5.73 Å². The molecule has 1 amide bonds. The summed E-state index contributed by atoms with van der Waals surface area (Å²) in [7, 11) is 0. The third-order valence-corrected chi connectivity index (χ3v) is 4.24. The summed E-state index contributed by atoms with van der Waals surface area (Å²) in [5, 5.41) is 12.9. The van der Waals surface area contributed by atoms with Crippen molar-refractivity contribution in [2.24, 2.45) is 5.73 Å².